The number of rotatable bonds is 5. The second kappa shape index (κ2) is 9.00. The maximum Gasteiger partial charge on any atom is 0.00231 e. The third-order valence-electron chi connectivity index (χ3n) is 6.17. The molecule has 0 N–H and O–H groups in total. The molecule has 0 bridgehead atoms. The van der Waals surface area contributed by atoms with E-state index in [0.717, 1.165) is 0 Å². The second-order valence-electron chi connectivity index (χ2n) is 9.74. The van der Waals surface area contributed by atoms with Crippen molar-refractivity contribution in [3.63, 3.8) is 0 Å². The van der Waals surface area contributed by atoms with Crippen LogP contribution >= 0.6 is 10.0 Å². The highest BCUT2D eigenvalue weighted by atomic mass is 32.3. The van der Waals surface area contributed by atoms with Gasteiger partial charge in [0.2, 0.25) is 0 Å². The molecular formula is C31H34S. The van der Waals surface area contributed by atoms with Crippen molar-refractivity contribution < 1.29 is 0 Å². The highest BCUT2D eigenvalue weighted by Crippen LogP contribution is 2.73. The van der Waals surface area contributed by atoms with Crippen molar-refractivity contribution >= 4 is 10.0 Å². The highest BCUT2D eigenvalue weighted by molar-refractivity contribution is 8.34. The molecule has 0 nitrogen and oxygen atoms in total. The molecule has 0 atom stereocenters. The Balaban J connectivity index is 2.04. The van der Waals surface area contributed by atoms with Gasteiger partial charge in [0.1, 0.15) is 0 Å². The first-order valence-electron chi connectivity index (χ1n) is 11.5. The van der Waals surface area contributed by atoms with Crippen LogP contribution in [0.25, 0.3) is 0 Å². The lowest BCUT2D eigenvalue weighted by Gasteiger charge is -2.42. The number of hydrogen-bond donors (Lipinski definition) is 0. The van der Waals surface area contributed by atoms with Gasteiger partial charge in [0.15, 0.2) is 0 Å². The molecular weight excluding hydrogens is 404 g/mol. The molecule has 0 heterocycles. The summed E-state index contributed by atoms with van der Waals surface area (Å²) < 4.78 is 0. The van der Waals surface area contributed by atoms with Crippen LogP contribution in [0, 0.1) is 0 Å². The smallest absolute Gasteiger partial charge is 0.00231 e. The van der Waals surface area contributed by atoms with Gasteiger partial charge in [-0.1, -0.05) is 95.3 Å². The minimum atomic E-state index is -1.62. The Morgan fingerprint density at radius 2 is 0.875 bits per heavy atom. The van der Waals surface area contributed by atoms with Gasteiger partial charge >= 0.3 is 0 Å². The summed E-state index contributed by atoms with van der Waals surface area (Å²) in [6, 6.07) is 40.9. The minimum absolute atomic E-state index is 0.134. The first kappa shape index (κ1) is 22.4. The van der Waals surface area contributed by atoms with Crippen molar-refractivity contribution in [2.45, 2.75) is 65.5 Å². The molecule has 0 aliphatic heterocycles. The molecule has 0 spiro atoms. The van der Waals surface area contributed by atoms with E-state index in [1.165, 1.54) is 30.7 Å². The third kappa shape index (κ3) is 4.14. The molecule has 0 aromatic heterocycles. The maximum absolute atomic E-state index is 2.37. The van der Waals surface area contributed by atoms with E-state index < -0.39 is 10.0 Å². The monoisotopic (exact) mass is 438 g/mol. The van der Waals surface area contributed by atoms with Crippen molar-refractivity contribution in [3.05, 3.63) is 120 Å². The van der Waals surface area contributed by atoms with Crippen LogP contribution in [0.2, 0.25) is 0 Å². The molecule has 4 aromatic carbocycles. The largest absolute Gasteiger partial charge is 0.133 e. The molecule has 0 aliphatic rings. The van der Waals surface area contributed by atoms with E-state index in [4.69, 9.17) is 0 Å². The van der Waals surface area contributed by atoms with Crippen molar-refractivity contribution in [2.24, 2.45) is 0 Å². The molecule has 0 aliphatic carbocycles. The average molecular weight is 439 g/mol. The van der Waals surface area contributed by atoms with Gasteiger partial charge in [-0.15, -0.1) is 10.0 Å². The zero-order valence-corrected chi connectivity index (χ0v) is 20.7. The topological polar surface area (TPSA) is 0 Å². The van der Waals surface area contributed by atoms with Gasteiger partial charge in [0.25, 0.3) is 0 Å². The Morgan fingerprint density at radius 3 is 1.25 bits per heavy atom. The summed E-state index contributed by atoms with van der Waals surface area (Å²) in [6.45, 7) is 11.4. The Kier molecular flexibility index (Phi) is 6.31. The first-order chi connectivity index (χ1) is 15.3. The van der Waals surface area contributed by atoms with Gasteiger partial charge < -0.3 is 0 Å². The summed E-state index contributed by atoms with van der Waals surface area (Å²) in [5.74, 6) is 0.521. The molecule has 0 saturated heterocycles. The van der Waals surface area contributed by atoms with Crippen LogP contribution < -0.4 is 0 Å². The lowest BCUT2D eigenvalue weighted by atomic mass is 9.87. The van der Waals surface area contributed by atoms with E-state index in [0.29, 0.717) is 5.92 Å². The lowest BCUT2D eigenvalue weighted by Crippen LogP contribution is -2.11. The molecule has 0 radical (unpaired) electrons. The zero-order chi connectivity index (χ0) is 22.8. The van der Waals surface area contributed by atoms with Crippen molar-refractivity contribution in [1.29, 1.82) is 0 Å². The Bertz CT molecular complexity index is 1090. The Hall–Kier alpha value is -2.77. The van der Waals surface area contributed by atoms with Gasteiger partial charge in [-0.3, -0.25) is 0 Å². The van der Waals surface area contributed by atoms with Gasteiger partial charge in [0, 0.05) is 19.6 Å². The summed E-state index contributed by atoms with van der Waals surface area (Å²) in [7, 11) is -1.62. The normalized spacial score (nSPS) is 12.7. The molecule has 32 heavy (non-hydrogen) atoms. The molecule has 4 aromatic rings. The Labute approximate surface area is 195 Å². The van der Waals surface area contributed by atoms with E-state index in [-0.39, 0.29) is 5.41 Å². The van der Waals surface area contributed by atoms with Gasteiger partial charge in [-0.05, 0) is 71.0 Å². The SMILES string of the molecule is CC(C)c1ccc(S(c2ccccc2)(c2ccccc2)c2ccc(C(C)(C)C)cc2)cc1. The van der Waals surface area contributed by atoms with Gasteiger partial charge in [-0.2, -0.15) is 0 Å². The van der Waals surface area contributed by atoms with E-state index >= 15 is 0 Å². The quantitative estimate of drug-likeness (QED) is 0.291. The fourth-order valence-electron chi connectivity index (χ4n) is 4.28. The molecule has 0 unspecified atom stereocenters. The third-order valence-corrected chi connectivity index (χ3v) is 10.1. The van der Waals surface area contributed by atoms with Crippen LogP contribution in [0.15, 0.2) is 129 Å². The molecule has 164 valence electrons. The van der Waals surface area contributed by atoms with Crippen LogP contribution in [-0.2, 0) is 5.41 Å². The highest BCUT2D eigenvalue weighted by Gasteiger charge is 2.33. The fraction of sp³-hybridized carbons (Fsp3) is 0.226. The molecule has 0 fully saturated rings. The average Bonchev–Trinajstić information content (AvgIpc) is 2.81. The van der Waals surface area contributed by atoms with Crippen LogP contribution in [0.1, 0.15) is 51.7 Å². The van der Waals surface area contributed by atoms with Crippen molar-refractivity contribution in [1.82, 2.24) is 0 Å². The van der Waals surface area contributed by atoms with Crippen LogP contribution in [0.3, 0.4) is 0 Å². The standard InChI is InChI=1S/C31H34S/c1-24(2)25-16-20-29(21-17-25)32(27-12-8-6-9-13-27,28-14-10-7-11-15-28)30-22-18-26(19-23-30)31(3,4)5/h6-24H,1-5H3. The Morgan fingerprint density at radius 1 is 0.500 bits per heavy atom. The van der Waals surface area contributed by atoms with Crippen LogP contribution in [-0.4, -0.2) is 0 Å². The summed E-state index contributed by atoms with van der Waals surface area (Å²) >= 11 is 0. The molecule has 0 saturated carbocycles. The zero-order valence-electron chi connectivity index (χ0n) is 19.9. The predicted molar refractivity (Wildman–Crippen MR) is 139 cm³/mol. The first-order valence-corrected chi connectivity index (χ1v) is 13.1. The molecule has 1 heteroatoms. The van der Waals surface area contributed by atoms with E-state index in [2.05, 4.69) is 144 Å². The second-order valence-corrected chi connectivity index (χ2v) is 12.8. The number of benzene rings is 4. The van der Waals surface area contributed by atoms with Crippen LogP contribution in [0.4, 0.5) is 0 Å². The van der Waals surface area contributed by atoms with E-state index in [1.54, 1.807) is 0 Å². The summed E-state index contributed by atoms with van der Waals surface area (Å²) in [5.41, 5.74) is 2.88. The summed E-state index contributed by atoms with van der Waals surface area (Å²) in [4.78, 5) is 5.49. The minimum Gasteiger partial charge on any atom is -0.133 e. The predicted octanol–water partition coefficient (Wildman–Crippen LogP) is 9.45. The van der Waals surface area contributed by atoms with Gasteiger partial charge in [-0.25, -0.2) is 0 Å². The maximum atomic E-state index is 2.37. The van der Waals surface area contributed by atoms with Crippen LogP contribution in [0.5, 0.6) is 0 Å². The molecule has 0 amide bonds. The molecule has 4 rings (SSSR count). The van der Waals surface area contributed by atoms with E-state index in [1.807, 2.05) is 0 Å². The van der Waals surface area contributed by atoms with Crippen molar-refractivity contribution in [3.8, 4) is 0 Å². The lowest BCUT2D eigenvalue weighted by molar-refractivity contribution is 0.589. The van der Waals surface area contributed by atoms with Crippen molar-refractivity contribution in [2.75, 3.05) is 0 Å². The summed E-state index contributed by atoms with van der Waals surface area (Å²) in [5, 5.41) is 0. The summed E-state index contributed by atoms with van der Waals surface area (Å²) in [6.07, 6.45) is 0. The van der Waals surface area contributed by atoms with E-state index in [9.17, 15) is 0 Å². The van der Waals surface area contributed by atoms with Gasteiger partial charge in [0.05, 0.1) is 0 Å². The number of hydrogen-bond acceptors (Lipinski definition) is 0. The fourth-order valence-corrected chi connectivity index (χ4v) is 8.13.